The van der Waals surface area contributed by atoms with E-state index in [4.69, 9.17) is 0 Å². The number of carbonyl (C=O) groups excluding carboxylic acids is 2. The van der Waals surface area contributed by atoms with Crippen LogP contribution < -0.4 is 10.6 Å². The Kier molecular flexibility index (Phi) is 6.81. The van der Waals surface area contributed by atoms with Gasteiger partial charge in [0, 0.05) is 29.9 Å². The van der Waals surface area contributed by atoms with E-state index in [1.807, 2.05) is 66.7 Å². The van der Waals surface area contributed by atoms with Gasteiger partial charge in [-0.2, -0.15) is 0 Å². The molecule has 28 heavy (non-hydrogen) atoms. The second kappa shape index (κ2) is 9.71. The van der Waals surface area contributed by atoms with Crippen molar-refractivity contribution in [1.82, 2.24) is 10.3 Å². The summed E-state index contributed by atoms with van der Waals surface area (Å²) < 4.78 is 0. The highest BCUT2D eigenvalue weighted by Gasteiger charge is 2.16. The lowest BCUT2D eigenvalue weighted by Crippen LogP contribution is -2.30. The van der Waals surface area contributed by atoms with Crippen molar-refractivity contribution in [2.75, 3.05) is 11.1 Å². The molecule has 2 amide bonds. The van der Waals surface area contributed by atoms with Gasteiger partial charge in [0.1, 0.15) is 0 Å². The molecule has 0 spiro atoms. The van der Waals surface area contributed by atoms with Crippen molar-refractivity contribution in [2.45, 2.75) is 17.9 Å². The summed E-state index contributed by atoms with van der Waals surface area (Å²) in [5, 5.41) is 5.84. The fourth-order valence-electron chi connectivity index (χ4n) is 2.75. The molecule has 1 aromatic heterocycles. The smallest absolute Gasteiger partial charge is 0.231 e. The maximum atomic E-state index is 12.6. The van der Waals surface area contributed by atoms with E-state index in [0.717, 1.165) is 21.7 Å². The predicted octanol–water partition coefficient (Wildman–Crippen LogP) is 4.04. The molecule has 0 saturated heterocycles. The van der Waals surface area contributed by atoms with Gasteiger partial charge in [0.25, 0.3) is 0 Å². The van der Waals surface area contributed by atoms with Crippen molar-refractivity contribution >= 4 is 29.3 Å². The molecular weight excluding hydrogens is 370 g/mol. The summed E-state index contributed by atoms with van der Waals surface area (Å²) in [5.41, 5.74) is 2.74. The van der Waals surface area contributed by atoms with E-state index < -0.39 is 0 Å². The first-order valence-electron chi connectivity index (χ1n) is 8.86. The van der Waals surface area contributed by atoms with E-state index in [9.17, 15) is 9.59 Å². The Morgan fingerprint density at radius 3 is 2.21 bits per heavy atom. The summed E-state index contributed by atoms with van der Waals surface area (Å²) in [5.74, 6) is 0.137. The molecule has 1 heterocycles. The van der Waals surface area contributed by atoms with Crippen molar-refractivity contribution in [2.24, 2.45) is 0 Å². The first-order chi connectivity index (χ1) is 13.6. The zero-order chi connectivity index (χ0) is 19.8. The van der Waals surface area contributed by atoms with Crippen LogP contribution in [0.4, 0.5) is 5.69 Å². The lowest BCUT2D eigenvalue weighted by molar-refractivity contribution is -0.119. The summed E-state index contributed by atoms with van der Waals surface area (Å²) in [6.07, 6.45) is 3.45. The molecule has 0 aliphatic rings. The largest absolute Gasteiger partial charge is 0.344 e. The summed E-state index contributed by atoms with van der Waals surface area (Å²) in [7, 11) is 0. The Morgan fingerprint density at radius 1 is 0.929 bits per heavy atom. The second-order valence-electron chi connectivity index (χ2n) is 6.19. The maximum Gasteiger partial charge on any atom is 0.231 e. The van der Waals surface area contributed by atoms with E-state index >= 15 is 0 Å². The molecule has 5 nitrogen and oxygen atoms in total. The first kappa shape index (κ1) is 19.6. The Bertz CT molecular complexity index is 876. The zero-order valence-corrected chi connectivity index (χ0v) is 16.3. The highest BCUT2D eigenvalue weighted by atomic mass is 32.2. The number of rotatable bonds is 7. The van der Waals surface area contributed by atoms with Gasteiger partial charge in [0.05, 0.1) is 11.8 Å². The number of carbonyl (C=O) groups is 2. The van der Waals surface area contributed by atoms with Crippen LogP contribution in [0.25, 0.3) is 0 Å². The third-order valence-electron chi connectivity index (χ3n) is 4.02. The minimum absolute atomic E-state index is 0.0541. The quantitative estimate of drug-likeness (QED) is 0.597. The molecule has 2 aromatic carbocycles. The van der Waals surface area contributed by atoms with Crippen LogP contribution in [0.2, 0.25) is 0 Å². The van der Waals surface area contributed by atoms with Gasteiger partial charge in [-0.05, 0) is 47.5 Å². The molecule has 0 saturated carbocycles. The van der Waals surface area contributed by atoms with E-state index in [1.54, 1.807) is 12.4 Å². The number of nitrogens with one attached hydrogen (secondary N) is 2. The number of hydrogen-bond acceptors (Lipinski definition) is 4. The number of thioether (sulfide) groups is 1. The maximum absolute atomic E-state index is 12.6. The van der Waals surface area contributed by atoms with Crippen LogP contribution in [0.1, 0.15) is 24.1 Å². The van der Waals surface area contributed by atoms with Crippen LogP contribution in [-0.4, -0.2) is 22.6 Å². The van der Waals surface area contributed by atoms with E-state index in [0.29, 0.717) is 5.75 Å². The monoisotopic (exact) mass is 391 g/mol. The molecule has 142 valence electrons. The number of nitrogens with zero attached hydrogens (tertiary/aromatic N) is 1. The average molecular weight is 391 g/mol. The van der Waals surface area contributed by atoms with Gasteiger partial charge in [-0.15, -0.1) is 11.8 Å². The Hall–Kier alpha value is -3.12. The summed E-state index contributed by atoms with van der Waals surface area (Å²) >= 11 is 1.45. The third kappa shape index (κ3) is 5.69. The molecular formula is C22H21N3O2S. The van der Waals surface area contributed by atoms with Gasteiger partial charge in [0.15, 0.2) is 0 Å². The lowest BCUT2D eigenvalue weighted by Gasteiger charge is -2.19. The number of benzene rings is 2. The van der Waals surface area contributed by atoms with Crippen LogP contribution >= 0.6 is 11.8 Å². The van der Waals surface area contributed by atoms with E-state index in [1.165, 1.54) is 18.7 Å². The molecule has 0 unspecified atom stereocenters. The Morgan fingerprint density at radius 2 is 1.57 bits per heavy atom. The van der Waals surface area contributed by atoms with Crippen LogP contribution in [0.15, 0.2) is 84.0 Å². The van der Waals surface area contributed by atoms with Crippen LogP contribution in [0.3, 0.4) is 0 Å². The molecule has 0 fully saturated rings. The molecule has 6 heteroatoms. The standard InChI is InChI=1S/C22H21N3O2S/c1-16(26)24-19-7-9-20(10-8-19)28-15-21(27)25-22(17-5-3-2-4-6-17)18-11-13-23-14-12-18/h2-14,22H,15H2,1H3,(H,24,26)(H,25,27)/t22-/m0/s1. The van der Waals surface area contributed by atoms with E-state index in [-0.39, 0.29) is 17.9 Å². The van der Waals surface area contributed by atoms with Crippen molar-refractivity contribution in [1.29, 1.82) is 0 Å². The molecule has 0 aliphatic carbocycles. The topological polar surface area (TPSA) is 71.1 Å². The van der Waals surface area contributed by atoms with Crippen molar-refractivity contribution in [3.05, 3.63) is 90.3 Å². The predicted molar refractivity (Wildman–Crippen MR) is 112 cm³/mol. The van der Waals surface area contributed by atoms with Crippen LogP contribution in [-0.2, 0) is 9.59 Å². The summed E-state index contributed by atoms with van der Waals surface area (Å²) in [4.78, 5) is 28.7. The van der Waals surface area contributed by atoms with Crippen molar-refractivity contribution in [3.8, 4) is 0 Å². The zero-order valence-electron chi connectivity index (χ0n) is 15.5. The molecule has 3 aromatic rings. The van der Waals surface area contributed by atoms with Gasteiger partial charge in [-0.3, -0.25) is 14.6 Å². The first-order valence-corrected chi connectivity index (χ1v) is 9.85. The fourth-order valence-corrected chi connectivity index (χ4v) is 3.46. The normalized spacial score (nSPS) is 11.5. The third-order valence-corrected chi connectivity index (χ3v) is 5.03. The molecule has 2 N–H and O–H groups in total. The SMILES string of the molecule is CC(=O)Nc1ccc(SCC(=O)N[C@@H](c2ccccc2)c2ccncc2)cc1. The minimum Gasteiger partial charge on any atom is -0.344 e. The second-order valence-corrected chi connectivity index (χ2v) is 7.23. The molecule has 0 aliphatic heterocycles. The van der Waals surface area contributed by atoms with Crippen LogP contribution in [0.5, 0.6) is 0 Å². The fraction of sp³-hybridized carbons (Fsp3) is 0.136. The van der Waals surface area contributed by atoms with Gasteiger partial charge in [-0.25, -0.2) is 0 Å². The summed E-state index contributed by atoms with van der Waals surface area (Å²) in [6.45, 7) is 1.47. The minimum atomic E-state index is -0.223. The highest BCUT2D eigenvalue weighted by Crippen LogP contribution is 2.23. The number of aromatic nitrogens is 1. The number of hydrogen-bond donors (Lipinski definition) is 2. The van der Waals surface area contributed by atoms with Crippen LogP contribution in [0, 0.1) is 0 Å². The lowest BCUT2D eigenvalue weighted by atomic mass is 10.00. The van der Waals surface area contributed by atoms with Gasteiger partial charge in [-0.1, -0.05) is 30.3 Å². The van der Waals surface area contributed by atoms with E-state index in [2.05, 4.69) is 15.6 Å². The van der Waals surface area contributed by atoms with Crippen molar-refractivity contribution < 1.29 is 9.59 Å². The van der Waals surface area contributed by atoms with Gasteiger partial charge >= 0.3 is 0 Å². The summed E-state index contributed by atoms with van der Waals surface area (Å²) in [6, 6.07) is 20.9. The Labute approximate surface area is 168 Å². The molecule has 1 atom stereocenters. The average Bonchev–Trinajstić information content (AvgIpc) is 2.72. The Balaban J connectivity index is 1.63. The van der Waals surface area contributed by atoms with Gasteiger partial charge in [0.2, 0.25) is 11.8 Å². The number of pyridine rings is 1. The van der Waals surface area contributed by atoms with Crippen molar-refractivity contribution in [3.63, 3.8) is 0 Å². The molecule has 0 bridgehead atoms. The number of amides is 2. The highest BCUT2D eigenvalue weighted by molar-refractivity contribution is 8.00. The molecule has 0 radical (unpaired) electrons. The number of anilines is 1. The molecule has 3 rings (SSSR count). The van der Waals surface area contributed by atoms with Gasteiger partial charge < -0.3 is 10.6 Å².